The Morgan fingerprint density at radius 3 is 2.54 bits per heavy atom. The number of nitrogens with zero attached hydrogens (tertiary/aromatic N) is 1. The van der Waals surface area contributed by atoms with Crippen LogP contribution < -0.4 is 5.32 Å². The van der Waals surface area contributed by atoms with E-state index in [1.165, 1.54) is 30.0 Å². The van der Waals surface area contributed by atoms with Gasteiger partial charge in [-0.05, 0) is 37.3 Å². The van der Waals surface area contributed by atoms with Crippen molar-refractivity contribution in [2.45, 2.75) is 17.1 Å². The third kappa shape index (κ3) is 5.75. The van der Waals surface area contributed by atoms with E-state index in [1.807, 2.05) is 0 Å². The molecule has 0 saturated carbocycles. The third-order valence-corrected chi connectivity index (χ3v) is 4.52. The first-order valence-corrected chi connectivity index (χ1v) is 8.74. The number of rotatable bonds is 7. The summed E-state index contributed by atoms with van der Waals surface area (Å²) < 4.78 is 4.97. The van der Waals surface area contributed by atoms with E-state index in [-0.39, 0.29) is 11.4 Å². The lowest BCUT2D eigenvalue weighted by Crippen LogP contribution is -2.25. The van der Waals surface area contributed by atoms with Crippen LogP contribution in [0, 0.1) is 10.1 Å². The maximum Gasteiger partial charge on any atom is 0.319 e. The lowest BCUT2D eigenvalue weighted by Gasteiger charge is -2.11. The van der Waals surface area contributed by atoms with Crippen LogP contribution in [0.1, 0.15) is 6.92 Å². The highest BCUT2D eigenvalue weighted by Gasteiger charge is 2.19. The van der Waals surface area contributed by atoms with Crippen LogP contribution in [0.25, 0.3) is 0 Å². The second-order valence-corrected chi connectivity index (χ2v) is 6.99. The van der Waals surface area contributed by atoms with Crippen molar-refractivity contribution in [3.05, 3.63) is 63.7 Å². The van der Waals surface area contributed by atoms with Gasteiger partial charge in [0.05, 0.1) is 4.92 Å². The number of esters is 1. The Labute approximate surface area is 158 Å². The smallest absolute Gasteiger partial charge is 0.319 e. The number of nitrogens with one attached hydrogen (secondary N) is 1. The van der Waals surface area contributed by atoms with E-state index in [2.05, 4.69) is 5.32 Å². The Kier molecular flexibility index (Phi) is 6.99. The first-order valence-electron chi connectivity index (χ1n) is 7.49. The van der Waals surface area contributed by atoms with Crippen LogP contribution in [0.4, 0.5) is 11.4 Å². The number of carbonyl (C=O) groups excluding carboxylic acids is 2. The van der Waals surface area contributed by atoms with Crippen LogP contribution in [0.15, 0.2) is 53.4 Å². The Morgan fingerprint density at radius 2 is 1.88 bits per heavy atom. The monoisotopic (exact) mass is 394 g/mol. The standard InChI is InChI=1S/C17H15ClN2O5S/c1-11(26-13-8-6-12(18)7-9-13)17(22)25-10-16(21)19-14-4-2-3-5-15(14)20(23)24/h2-9,11H,10H2,1H3,(H,19,21)/t11-/m1/s1. The Morgan fingerprint density at radius 1 is 1.23 bits per heavy atom. The molecule has 0 radical (unpaired) electrons. The quantitative estimate of drug-likeness (QED) is 0.331. The molecule has 2 aromatic carbocycles. The number of halogens is 1. The molecular formula is C17H15ClN2O5S. The molecule has 2 aromatic rings. The summed E-state index contributed by atoms with van der Waals surface area (Å²) in [5.74, 6) is -1.22. The van der Waals surface area contributed by atoms with Crippen molar-refractivity contribution in [2.24, 2.45) is 0 Å². The zero-order valence-corrected chi connectivity index (χ0v) is 15.3. The van der Waals surface area contributed by atoms with Gasteiger partial charge in [-0.2, -0.15) is 0 Å². The lowest BCUT2D eigenvalue weighted by molar-refractivity contribution is -0.383. The molecule has 1 atom stereocenters. The molecule has 1 amide bonds. The highest BCUT2D eigenvalue weighted by Crippen LogP contribution is 2.25. The molecule has 0 aliphatic carbocycles. The Bertz CT molecular complexity index is 813. The number of ether oxygens (including phenoxy) is 1. The summed E-state index contributed by atoms with van der Waals surface area (Å²) in [6.07, 6.45) is 0. The number of para-hydroxylation sites is 2. The Hall–Kier alpha value is -2.58. The number of amides is 1. The third-order valence-electron chi connectivity index (χ3n) is 3.18. The molecule has 7 nitrogen and oxygen atoms in total. The van der Waals surface area contributed by atoms with Crippen molar-refractivity contribution in [1.29, 1.82) is 0 Å². The molecule has 9 heteroatoms. The van der Waals surface area contributed by atoms with Gasteiger partial charge in [0.2, 0.25) is 0 Å². The summed E-state index contributed by atoms with van der Waals surface area (Å²) in [4.78, 5) is 35.0. The van der Waals surface area contributed by atoms with Crippen molar-refractivity contribution in [2.75, 3.05) is 11.9 Å². The zero-order valence-electron chi connectivity index (χ0n) is 13.7. The van der Waals surface area contributed by atoms with E-state index >= 15 is 0 Å². The van der Waals surface area contributed by atoms with Crippen LogP contribution in [-0.4, -0.2) is 28.7 Å². The first kappa shape index (κ1) is 19.7. The molecule has 0 aliphatic heterocycles. The molecule has 0 aliphatic rings. The van der Waals surface area contributed by atoms with Gasteiger partial charge in [0, 0.05) is 16.0 Å². The predicted molar refractivity (Wildman–Crippen MR) is 99.5 cm³/mol. The first-order chi connectivity index (χ1) is 12.4. The van der Waals surface area contributed by atoms with Crippen molar-refractivity contribution in [1.82, 2.24) is 0 Å². The highest BCUT2D eigenvalue weighted by atomic mass is 35.5. The number of anilines is 1. The van der Waals surface area contributed by atoms with Gasteiger partial charge in [-0.15, -0.1) is 11.8 Å². The molecule has 0 aromatic heterocycles. The molecule has 0 heterocycles. The SMILES string of the molecule is C[C@@H](Sc1ccc(Cl)cc1)C(=O)OCC(=O)Nc1ccccc1[N+](=O)[O-]. The average molecular weight is 395 g/mol. The number of thioether (sulfide) groups is 1. The average Bonchev–Trinajstić information content (AvgIpc) is 2.61. The minimum atomic E-state index is -0.656. The number of hydrogen-bond acceptors (Lipinski definition) is 6. The fourth-order valence-electron chi connectivity index (χ4n) is 1.94. The molecule has 136 valence electrons. The van der Waals surface area contributed by atoms with Crippen molar-refractivity contribution < 1.29 is 19.2 Å². The van der Waals surface area contributed by atoms with Gasteiger partial charge >= 0.3 is 5.97 Å². The Balaban J connectivity index is 1.85. The van der Waals surface area contributed by atoms with Crippen LogP contribution in [0.3, 0.4) is 0 Å². The van der Waals surface area contributed by atoms with E-state index in [9.17, 15) is 19.7 Å². The van der Waals surface area contributed by atoms with Gasteiger partial charge in [0.15, 0.2) is 6.61 Å². The normalized spacial score (nSPS) is 11.5. The second kappa shape index (κ2) is 9.21. The second-order valence-electron chi connectivity index (χ2n) is 5.14. The molecule has 0 fully saturated rings. The number of carbonyl (C=O) groups is 2. The number of nitro groups is 1. The fraction of sp³-hybridized carbons (Fsp3) is 0.176. The summed E-state index contributed by atoms with van der Waals surface area (Å²) in [5, 5.41) is 13.3. The minimum Gasteiger partial charge on any atom is -0.455 e. The summed E-state index contributed by atoms with van der Waals surface area (Å²) >= 11 is 7.07. The lowest BCUT2D eigenvalue weighted by atomic mass is 10.2. The van der Waals surface area contributed by atoms with Crippen molar-refractivity contribution in [3.8, 4) is 0 Å². The van der Waals surface area contributed by atoms with Crippen LogP contribution in [-0.2, 0) is 14.3 Å². The van der Waals surface area contributed by atoms with E-state index in [4.69, 9.17) is 16.3 Å². The summed E-state index contributed by atoms with van der Waals surface area (Å²) in [7, 11) is 0. The van der Waals surface area contributed by atoms with Gasteiger partial charge in [-0.1, -0.05) is 23.7 Å². The minimum absolute atomic E-state index is 0.0436. The van der Waals surface area contributed by atoms with Crippen LogP contribution in [0.5, 0.6) is 0 Å². The van der Waals surface area contributed by atoms with Crippen LogP contribution >= 0.6 is 23.4 Å². The van der Waals surface area contributed by atoms with E-state index in [0.29, 0.717) is 5.02 Å². The highest BCUT2D eigenvalue weighted by molar-refractivity contribution is 8.00. The summed E-state index contributed by atoms with van der Waals surface area (Å²) in [5.41, 5.74) is -0.194. The van der Waals surface area contributed by atoms with Gasteiger partial charge in [0.25, 0.3) is 11.6 Å². The molecule has 0 saturated heterocycles. The van der Waals surface area contributed by atoms with Gasteiger partial charge in [-0.3, -0.25) is 19.7 Å². The van der Waals surface area contributed by atoms with Crippen LogP contribution in [0.2, 0.25) is 5.02 Å². The number of nitro benzene ring substituents is 1. The molecular weight excluding hydrogens is 380 g/mol. The molecule has 0 spiro atoms. The molecule has 0 bridgehead atoms. The van der Waals surface area contributed by atoms with Crippen molar-refractivity contribution in [3.63, 3.8) is 0 Å². The maximum atomic E-state index is 12.0. The number of hydrogen-bond donors (Lipinski definition) is 1. The predicted octanol–water partition coefficient (Wildman–Crippen LogP) is 3.91. The molecule has 1 N–H and O–H groups in total. The zero-order chi connectivity index (χ0) is 19.1. The maximum absolute atomic E-state index is 12.0. The van der Waals surface area contributed by atoms with E-state index in [1.54, 1.807) is 37.3 Å². The summed E-state index contributed by atoms with van der Waals surface area (Å²) in [6, 6.07) is 12.7. The molecule has 0 unspecified atom stereocenters. The van der Waals surface area contributed by atoms with Crippen molar-refractivity contribution >= 4 is 46.6 Å². The van der Waals surface area contributed by atoms with Gasteiger partial charge in [0.1, 0.15) is 10.9 Å². The van der Waals surface area contributed by atoms with Gasteiger partial charge < -0.3 is 10.1 Å². The molecule has 26 heavy (non-hydrogen) atoms. The number of benzene rings is 2. The van der Waals surface area contributed by atoms with E-state index < -0.39 is 28.7 Å². The largest absolute Gasteiger partial charge is 0.455 e. The van der Waals surface area contributed by atoms with Gasteiger partial charge in [-0.25, -0.2) is 0 Å². The topological polar surface area (TPSA) is 98.5 Å². The fourth-order valence-corrected chi connectivity index (χ4v) is 2.94. The summed E-state index contributed by atoms with van der Waals surface area (Å²) in [6.45, 7) is 1.12. The molecule has 2 rings (SSSR count). The van der Waals surface area contributed by atoms with E-state index in [0.717, 1.165) is 4.90 Å².